The standard InChI is InChI=1S/C10H8ClIO/c11-7-4-5-8(12)10-6(7)2-1-3-9(10)13/h4-5H,1-3H2. The molecule has 1 nitrogen and oxygen atoms in total. The van der Waals surface area contributed by atoms with Crippen molar-refractivity contribution in [1.82, 2.24) is 0 Å². The minimum Gasteiger partial charge on any atom is -0.294 e. The Morgan fingerprint density at radius 3 is 2.77 bits per heavy atom. The van der Waals surface area contributed by atoms with Gasteiger partial charge in [0, 0.05) is 20.6 Å². The number of benzene rings is 1. The fourth-order valence-electron chi connectivity index (χ4n) is 1.69. The van der Waals surface area contributed by atoms with Crippen LogP contribution in [0.5, 0.6) is 0 Å². The van der Waals surface area contributed by atoms with Crippen LogP contribution < -0.4 is 0 Å². The van der Waals surface area contributed by atoms with Crippen molar-refractivity contribution in [3.63, 3.8) is 0 Å². The summed E-state index contributed by atoms with van der Waals surface area (Å²) < 4.78 is 1.03. The minimum atomic E-state index is 0.244. The highest BCUT2D eigenvalue weighted by Gasteiger charge is 2.21. The Balaban J connectivity index is 2.67. The zero-order valence-electron chi connectivity index (χ0n) is 6.94. The number of hydrogen-bond donors (Lipinski definition) is 0. The summed E-state index contributed by atoms with van der Waals surface area (Å²) in [4.78, 5) is 11.6. The second kappa shape index (κ2) is 3.58. The van der Waals surface area contributed by atoms with E-state index in [1.807, 2.05) is 12.1 Å². The Labute approximate surface area is 95.6 Å². The molecular formula is C10H8ClIO. The van der Waals surface area contributed by atoms with Crippen LogP contribution in [0.3, 0.4) is 0 Å². The van der Waals surface area contributed by atoms with Gasteiger partial charge in [0.05, 0.1) is 0 Å². The molecule has 13 heavy (non-hydrogen) atoms. The van der Waals surface area contributed by atoms with Gasteiger partial charge in [0.2, 0.25) is 0 Å². The van der Waals surface area contributed by atoms with Gasteiger partial charge in [-0.05, 0) is 53.1 Å². The third-order valence-electron chi connectivity index (χ3n) is 2.31. The molecule has 0 atom stereocenters. The lowest BCUT2D eigenvalue weighted by atomic mass is 9.91. The quantitative estimate of drug-likeness (QED) is 0.671. The number of fused-ring (bicyclic) bond motifs is 1. The number of halogens is 2. The van der Waals surface area contributed by atoms with Gasteiger partial charge in [0.15, 0.2) is 5.78 Å². The smallest absolute Gasteiger partial charge is 0.164 e. The summed E-state index contributed by atoms with van der Waals surface area (Å²) in [5, 5.41) is 0.739. The number of carbonyl (C=O) groups excluding carboxylic acids is 1. The van der Waals surface area contributed by atoms with Crippen molar-refractivity contribution in [2.45, 2.75) is 19.3 Å². The first-order chi connectivity index (χ1) is 6.20. The molecule has 0 bridgehead atoms. The molecule has 0 aliphatic heterocycles. The van der Waals surface area contributed by atoms with Crippen LogP contribution in [0, 0.1) is 3.57 Å². The van der Waals surface area contributed by atoms with E-state index in [9.17, 15) is 4.79 Å². The molecule has 0 aromatic heterocycles. The summed E-state index contributed by atoms with van der Waals surface area (Å²) in [6.45, 7) is 0. The molecular weight excluding hydrogens is 298 g/mol. The van der Waals surface area contributed by atoms with Crippen LogP contribution >= 0.6 is 34.2 Å². The van der Waals surface area contributed by atoms with Gasteiger partial charge < -0.3 is 0 Å². The molecule has 1 aromatic carbocycles. The maximum atomic E-state index is 11.6. The lowest BCUT2D eigenvalue weighted by Crippen LogP contribution is -2.13. The number of carbonyl (C=O) groups is 1. The van der Waals surface area contributed by atoms with Crippen molar-refractivity contribution in [3.05, 3.63) is 31.9 Å². The van der Waals surface area contributed by atoms with E-state index in [1.54, 1.807) is 0 Å². The van der Waals surface area contributed by atoms with Gasteiger partial charge in [-0.15, -0.1) is 0 Å². The normalized spacial score (nSPS) is 15.7. The van der Waals surface area contributed by atoms with Crippen LogP contribution in [-0.2, 0) is 6.42 Å². The van der Waals surface area contributed by atoms with E-state index >= 15 is 0 Å². The Bertz CT molecular complexity index is 373. The number of ketones is 1. The molecule has 1 aromatic rings. The third-order valence-corrected chi connectivity index (χ3v) is 3.57. The van der Waals surface area contributed by atoms with Crippen LogP contribution in [0.1, 0.15) is 28.8 Å². The average Bonchev–Trinajstić information content (AvgIpc) is 2.12. The highest BCUT2D eigenvalue weighted by molar-refractivity contribution is 14.1. The first-order valence-electron chi connectivity index (χ1n) is 4.20. The largest absolute Gasteiger partial charge is 0.294 e. The van der Waals surface area contributed by atoms with Gasteiger partial charge in [-0.25, -0.2) is 0 Å². The predicted octanol–water partition coefficient (Wildman–Crippen LogP) is 3.46. The fourth-order valence-corrected chi connectivity index (χ4v) is 2.75. The summed E-state index contributed by atoms with van der Waals surface area (Å²) in [6.07, 6.45) is 2.55. The van der Waals surface area contributed by atoms with Crippen LogP contribution in [0.15, 0.2) is 12.1 Å². The first-order valence-corrected chi connectivity index (χ1v) is 5.66. The van der Waals surface area contributed by atoms with Crippen molar-refractivity contribution < 1.29 is 4.79 Å². The Morgan fingerprint density at radius 1 is 1.31 bits per heavy atom. The van der Waals surface area contributed by atoms with E-state index in [2.05, 4.69) is 22.6 Å². The highest BCUT2D eigenvalue weighted by atomic mass is 127. The second-order valence-corrected chi connectivity index (χ2v) is 4.73. The summed E-state index contributed by atoms with van der Waals surface area (Å²) in [7, 11) is 0. The first kappa shape index (κ1) is 9.46. The SMILES string of the molecule is O=C1CCCc2c(Cl)ccc(I)c21. The second-order valence-electron chi connectivity index (χ2n) is 3.16. The molecule has 68 valence electrons. The molecule has 0 fully saturated rings. The van der Waals surface area contributed by atoms with Gasteiger partial charge in [-0.2, -0.15) is 0 Å². The minimum absolute atomic E-state index is 0.244. The summed E-state index contributed by atoms with van der Waals surface area (Å²) in [5.41, 5.74) is 1.91. The summed E-state index contributed by atoms with van der Waals surface area (Å²) in [6, 6.07) is 3.78. The van der Waals surface area contributed by atoms with Crippen LogP contribution in [0.2, 0.25) is 5.02 Å². The van der Waals surface area contributed by atoms with Crippen molar-refractivity contribution in [1.29, 1.82) is 0 Å². The molecule has 0 heterocycles. The molecule has 0 saturated carbocycles. The van der Waals surface area contributed by atoms with E-state index in [-0.39, 0.29) is 5.78 Å². The van der Waals surface area contributed by atoms with Crippen LogP contribution in [0.25, 0.3) is 0 Å². The molecule has 1 aliphatic rings. The number of Topliss-reactive ketones (excluding diaryl/α,β-unsaturated/α-hetero) is 1. The third kappa shape index (κ3) is 1.62. The highest BCUT2D eigenvalue weighted by Crippen LogP contribution is 2.30. The maximum Gasteiger partial charge on any atom is 0.164 e. The Hall–Kier alpha value is -0.0900. The summed E-state index contributed by atoms with van der Waals surface area (Å²) in [5.74, 6) is 0.244. The molecule has 0 spiro atoms. The molecule has 3 heteroatoms. The molecule has 0 N–H and O–H groups in total. The number of hydrogen-bond acceptors (Lipinski definition) is 1. The monoisotopic (exact) mass is 306 g/mol. The van der Waals surface area contributed by atoms with E-state index in [0.717, 1.165) is 32.6 Å². The molecule has 0 amide bonds. The van der Waals surface area contributed by atoms with Gasteiger partial charge in [0.25, 0.3) is 0 Å². The van der Waals surface area contributed by atoms with Gasteiger partial charge in [-0.1, -0.05) is 11.6 Å². The molecule has 1 aliphatic carbocycles. The lowest BCUT2D eigenvalue weighted by Gasteiger charge is -2.17. The lowest BCUT2D eigenvalue weighted by molar-refractivity contribution is 0.0971. The van der Waals surface area contributed by atoms with Crippen molar-refractivity contribution in [2.24, 2.45) is 0 Å². The van der Waals surface area contributed by atoms with Crippen molar-refractivity contribution in [3.8, 4) is 0 Å². The zero-order valence-corrected chi connectivity index (χ0v) is 9.85. The Morgan fingerprint density at radius 2 is 2.08 bits per heavy atom. The van der Waals surface area contributed by atoms with Crippen molar-refractivity contribution >= 4 is 40.0 Å². The van der Waals surface area contributed by atoms with E-state index in [0.29, 0.717) is 6.42 Å². The van der Waals surface area contributed by atoms with Crippen LogP contribution in [0.4, 0.5) is 0 Å². The van der Waals surface area contributed by atoms with E-state index < -0.39 is 0 Å². The topological polar surface area (TPSA) is 17.1 Å². The van der Waals surface area contributed by atoms with E-state index in [4.69, 9.17) is 11.6 Å². The Kier molecular flexibility index (Phi) is 2.60. The fraction of sp³-hybridized carbons (Fsp3) is 0.300. The number of rotatable bonds is 0. The van der Waals surface area contributed by atoms with Crippen molar-refractivity contribution in [2.75, 3.05) is 0 Å². The van der Waals surface area contributed by atoms with Gasteiger partial charge in [-0.3, -0.25) is 4.79 Å². The average molecular weight is 307 g/mol. The van der Waals surface area contributed by atoms with Crippen LogP contribution in [-0.4, -0.2) is 5.78 Å². The predicted molar refractivity (Wildman–Crippen MR) is 61.4 cm³/mol. The van der Waals surface area contributed by atoms with E-state index in [1.165, 1.54) is 0 Å². The van der Waals surface area contributed by atoms with Gasteiger partial charge in [0.1, 0.15) is 0 Å². The molecule has 0 radical (unpaired) electrons. The zero-order chi connectivity index (χ0) is 9.42. The molecule has 2 rings (SSSR count). The van der Waals surface area contributed by atoms with Gasteiger partial charge >= 0.3 is 0 Å². The molecule has 0 unspecified atom stereocenters. The maximum absolute atomic E-state index is 11.6. The molecule has 0 saturated heterocycles. The summed E-state index contributed by atoms with van der Waals surface area (Å²) >= 11 is 8.22.